The fraction of sp³-hybridized carbons (Fsp3) is 0.538. The smallest absolute Gasteiger partial charge is 0.0276 e. The highest BCUT2D eigenvalue weighted by Gasteiger charge is 1.96. The number of aryl methyl sites for hydroxylation is 3. The van der Waals surface area contributed by atoms with Crippen LogP contribution in [0, 0.1) is 13.8 Å². The molecule has 0 heterocycles. The summed E-state index contributed by atoms with van der Waals surface area (Å²) in [5.74, 6) is 0. The van der Waals surface area contributed by atoms with Crippen molar-refractivity contribution in [3.8, 4) is 0 Å². The highest BCUT2D eigenvalue weighted by Crippen LogP contribution is 2.13. The molecule has 0 saturated carbocycles. The van der Waals surface area contributed by atoms with Gasteiger partial charge in [0.25, 0.3) is 0 Å². The minimum atomic E-state index is 0. The second-order valence-corrected chi connectivity index (χ2v) is 3.53. The fourth-order valence-electron chi connectivity index (χ4n) is 1.44. The van der Waals surface area contributed by atoms with Crippen LogP contribution in [0.1, 0.15) is 43.9 Å². The molecular formula is C13H22. The van der Waals surface area contributed by atoms with Crippen LogP contribution in [0.15, 0.2) is 18.2 Å². The second kappa shape index (κ2) is 5.80. The fourth-order valence-corrected chi connectivity index (χ4v) is 1.44. The van der Waals surface area contributed by atoms with Gasteiger partial charge in [-0.15, -0.1) is 0 Å². The molecule has 1 aromatic carbocycles. The first-order valence-corrected chi connectivity index (χ1v) is 4.80. The van der Waals surface area contributed by atoms with E-state index in [9.17, 15) is 0 Å². The van der Waals surface area contributed by atoms with E-state index in [0.717, 1.165) is 0 Å². The van der Waals surface area contributed by atoms with Gasteiger partial charge in [0, 0.05) is 0 Å². The Morgan fingerprint density at radius 3 is 2.46 bits per heavy atom. The Morgan fingerprint density at radius 2 is 1.85 bits per heavy atom. The lowest BCUT2D eigenvalue weighted by Crippen LogP contribution is -1.89. The van der Waals surface area contributed by atoms with E-state index in [1.54, 1.807) is 0 Å². The normalized spacial score (nSPS) is 9.46. The first kappa shape index (κ1) is 12.2. The topological polar surface area (TPSA) is 0 Å². The monoisotopic (exact) mass is 178 g/mol. The van der Waals surface area contributed by atoms with Gasteiger partial charge in [-0.2, -0.15) is 0 Å². The van der Waals surface area contributed by atoms with Crippen LogP contribution < -0.4 is 0 Å². The molecular weight excluding hydrogens is 156 g/mol. The lowest BCUT2D eigenvalue weighted by molar-refractivity contribution is 0.790. The zero-order chi connectivity index (χ0) is 8.97. The van der Waals surface area contributed by atoms with Crippen LogP contribution in [0.4, 0.5) is 0 Å². The number of hydrogen-bond acceptors (Lipinski definition) is 0. The third-order valence-electron chi connectivity index (χ3n) is 2.30. The summed E-state index contributed by atoms with van der Waals surface area (Å²) in [4.78, 5) is 0. The molecule has 0 nitrogen and oxygen atoms in total. The van der Waals surface area contributed by atoms with E-state index in [-0.39, 0.29) is 7.43 Å². The maximum atomic E-state index is 2.31. The lowest BCUT2D eigenvalue weighted by atomic mass is 10.0. The van der Waals surface area contributed by atoms with Gasteiger partial charge in [0.05, 0.1) is 0 Å². The highest BCUT2D eigenvalue weighted by molar-refractivity contribution is 5.30. The van der Waals surface area contributed by atoms with E-state index < -0.39 is 0 Å². The Bertz CT molecular complexity index is 248. The molecule has 1 rings (SSSR count). The van der Waals surface area contributed by atoms with E-state index in [4.69, 9.17) is 0 Å². The van der Waals surface area contributed by atoms with Crippen LogP contribution in [-0.2, 0) is 6.42 Å². The van der Waals surface area contributed by atoms with Crippen LogP contribution in [0.3, 0.4) is 0 Å². The van der Waals surface area contributed by atoms with E-state index >= 15 is 0 Å². The average Bonchev–Trinajstić information content (AvgIpc) is 2.07. The van der Waals surface area contributed by atoms with Crippen molar-refractivity contribution >= 4 is 0 Å². The highest BCUT2D eigenvalue weighted by atomic mass is 14.0. The van der Waals surface area contributed by atoms with Gasteiger partial charge in [0.15, 0.2) is 0 Å². The molecule has 0 N–H and O–H groups in total. The molecule has 0 saturated heterocycles. The van der Waals surface area contributed by atoms with Crippen molar-refractivity contribution in [2.75, 3.05) is 0 Å². The third kappa shape index (κ3) is 3.63. The van der Waals surface area contributed by atoms with Crippen LogP contribution in [0.25, 0.3) is 0 Å². The van der Waals surface area contributed by atoms with Gasteiger partial charge >= 0.3 is 0 Å². The Morgan fingerprint density at radius 1 is 1.15 bits per heavy atom. The van der Waals surface area contributed by atoms with Gasteiger partial charge in [-0.3, -0.25) is 0 Å². The van der Waals surface area contributed by atoms with Gasteiger partial charge in [-0.1, -0.05) is 44.5 Å². The SMILES string of the molecule is C.CCCCc1cc(C)ccc1C. The second-order valence-electron chi connectivity index (χ2n) is 3.53. The largest absolute Gasteiger partial charge is 0.0776 e. The molecule has 0 fully saturated rings. The molecule has 0 spiro atoms. The maximum absolute atomic E-state index is 2.31. The summed E-state index contributed by atoms with van der Waals surface area (Å²) < 4.78 is 0. The Hall–Kier alpha value is -0.780. The molecule has 74 valence electrons. The van der Waals surface area contributed by atoms with Crippen LogP contribution in [0.2, 0.25) is 0 Å². The molecule has 0 aliphatic rings. The summed E-state index contributed by atoms with van der Waals surface area (Å²) in [6, 6.07) is 6.72. The first-order chi connectivity index (χ1) is 5.74. The van der Waals surface area contributed by atoms with E-state index in [1.807, 2.05) is 0 Å². The average molecular weight is 178 g/mol. The molecule has 0 aromatic heterocycles. The minimum Gasteiger partial charge on any atom is -0.0776 e. The molecule has 0 atom stereocenters. The molecule has 1 aromatic rings. The van der Waals surface area contributed by atoms with E-state index in [2.05, 4.69) is 39.0 Å². The van der Waals surface area contributed by atoms with Crippen molar-refractivity contribution in [2.24, 2.45) is 0 Å². The Balaban J connectivity index is 0.00000144. The quantitative estimate of drug-likeness (QED) is 0.648. The van der Waals surface area contributed by atoms with Gasteiger partial charge in [-0.05, 0) is 37.8 Å². The van der Waals surface area contributed by atoms with Gasteiger partial charge in [-0.25, -0.2) is 0 Å². The molecule has 0 bridgehead atoms. The predicted octanol–water partition coefficient (Wildman–Crippen LogP) is 4.28. The standard InChI is InChI=1S/C12H18.CH4/c1-4-5-6-12-9-10(2)7-8-11(12)3;/h7-9H,4-6H2,1-3H3;1H4. The van der Waals surface area contributed by atoms with Crippen molar-refractivity contribution in [3.63, 3.8) is 0 Å². The maximum Gasteiger partial charge on any atom is -0.0276 e. The summed E-state index contributed by atoms with van der Waals surface area (Å²) in [5.41, 5.74) is 4.35. The van der Waals surface area contributed by atoms with Crippen LogP contribution in [0.5, 0.6) is 0 Å². The number of benzene rings is 1. The molecule has 13 heavy (non-hydrogen) atoms. The zero-order valence-corrected chi connectivity index (χ0v) is 8.35. The van der Waals surface area contributed by atoms with Crippen LogP contribution >= 0.6 is 0 Å². The van der Waals surface area contributed by atoms with Gasteiger partial charge in [0.2, 0.25) is 0 Å². The number of rotatable bonds is 3. The summed E-state index contributed by atoms with van der Waals surface area (Å²) >= 11 is 0. The van der Waals surface area contributed by atoms with Gasteiger partial charge < -0.3 is 0 Å². The summed E-state index contributed by atoms with van der Waals surface area (Å²) in [6.45, 7) is 6.60. The van der Waals surface area contributed by atoms with E-state index in [0.29, 0.717) is 0 Å². The molecule has 0 aliphatic carbocycles. The summed E-state index contributed by atoms with van der Waals surface area (Å²) in [5, 5.41) is 0. The first-order valence-electron chi connectivity index (χ1n) is 4.80. The Labute approximate surface area is 83.0 Å². The van der Waals surface area contributed by atoms with Crippen molar-refractivity contribution in [2.45, 2.75) is 47.5 Å². The van der Waals surface area contributed by atoms with E-state index in [1.165, 1.54) is 36.0 Å². The number of unbranched alkanes of at least 4 members (excludes halogenated alkanes) is 1. The Kier molecular flexibility index (Phi) is 5.45. The lowest BCUT2D eigenvalue weighted by Gasteiger charge is -2.05. The van der Waals surface area contributed by atoms with Gasteiger partial charge in [0.1, 0.15) is 0 Å². The van der Waals surface area contributed by atoms with Crippen molar-refractivity contribution in [1.82, 2.24) is 0 Å². The minimum absolute atomic E-state index is 0. The van der Waals surface area contributed by atoms with Crippen molar-refractivity contribution in [1.29, 1.82) is 0 Å². The molecule has 0 radical (unpaired) electrons. The molecule has 0 aliphatic heterocycles. The van der Waals surface area contributed by atoms with Crippen molar-refractivity contribution < 1.29 is 0 Å². The molecule has 0 heteroatoms. The number of hydrogen-bond donors (Lipinski definition) is 0. The predicted molar refractivity (Wildman–Crippen MR) is 61.3 cm³/mol. The van der Waals surface area contributed by atoms with Crippen LogP contribution in [-0.4, -0.2) is 0 Å². The van der Waals surface area contributed by atoms with Crippen molar-refractivity contribution in [3.05, 3.63) is 34.9 Å². The summed E-state index contributed by atoms with van der Waals surface area (Å²) in [6.07, 6.45) is 3.84. The third-order valence-corrected chi connectivity index (χ3v) is 2.30. The summed E-state index contributed by atoms with van der Waals surface area (Å²) in [7, 11) is 0. The molecule has 0 amide bonds. The molecule has 0 unspecified atom stereocenters. The zero-order valence-electron chi connectivity index (χ0n) is 8.35.